The van der Waals surface area contributed by atoms with E-state index in [1.165, 1.54) is 11.0 Å². The van der Waals surface area contributed by atoms with Crippen LogP contribution in [0.15, 0.2) is 16.6 Å². The highest BCUT2D eigenvalue weighted by molar-refractivity contribution is 9.10. The first kappa shape index (κ1) is 13.9. The Bertz CT molecular complexity index is 438. The van der Waals surface area contributed by atoms with E-state index in [2.05, 4.69) is 21.2 Å². The maximum absolute atomic E-state index is 13.4. The van der Waals surface area contributed by atoms with Crippen molar-refractivity contribution in [2.45, 2.75) is 13.0 Å². The molecule has 0 fully saturated rings. The fourth-order valence-electron chi connectivity index (χ4n) is 1.32. The number of benzene rings is 1. The van der Waals surface area contributed by atoms with Crippen molar-refractivity contribution in [2.24, 2.45) is 0 Å². The number of carbonyl (C=O) groups is 1. The Morgan fingerprint density at radius 3 is 2.47 bits per heavy atom. The molecule has 0 aliphatic rings. The molecular weight excluding hydrogens is 294 g/mol. The van der Waals surface area contributed by atoms with Crippen molar-refractivity contribution < 1.29 is 13.6 Å². The summed E-state index contributed by atoms with van der Waals surface area (Å²) in [6.07, 6.45) is 0. The number of nitrogens with one attached hydrogen (secondary N) is 1. The Labute approximate surface area is 107 Å². The van der Waals surface area contributed by atoms with Crippen LogP contribution in [0.4, 0.5) is 14.5 Å². The molecule has 0 saturated carbocycles. The minimum atomic E-state index is -0.732. The van der Waals surface area contributed by atoms with Gasteiger partial charge in [0, 0.05) is 20.2 Å². The lowest BCUT2D eigenvalue weighted by Crippen LogP contribution is -2.36. The molecule has 0 bridgehead atoms. The Balaban J connectivity index is 2.89. The number of hydrogen-bond donors (Lipinski definition) is 1. The molecule has 17 heavy (non-hydrogen) atoms. The molecule has 0 spiro atoms. The fourth-order valence-corrected chi connectivity index (χ4v) is 1.66. The number of likely N-dealkylation sites (N-methyl/N-ethyl adjacent to an activating group) is 1. The summed E-state index contributed by atoms with van der Waals surface area (Å²) in [6, 6.07) is 1.44. The molecule has 1 rings (SSSR count). The average Bonchev–Trinajstić information content (AvgIpc) is 2.24. The zero-order valence-corrected chi connectivity index (χ0v) is 11.3. The molecular formula is C11H13BrF2N2O. The number of hydrogen-bond acceptors (Lipinski definition) is 2. The summed E-state index contributed by atoms with van der Waals surface area (Å²) >= 11 is 2.96. The number of halogens is 3. The van der Waals surface area contributed by atoms with E-state index in [0.29, 0.717) is 0 Å². The van der Waals surface area contributed by atoms with E-state index in [1.807, 2.05) is 0 Å². The van der Waals surface area contributed by atoms with Crippen molar-refractivity contribution in [3.63, 3.8) is 0 Å². The van der Waals surface area contributed by atoms with Crippen LogP contribution in [-0.2, 0) is 4.79 Å². The lowest BCUT2D eigenvalue weighted by atomic mass is 10.2. The van der Waals surface area contributed by atoms with Gasteiger partial charge in [-0.3, -0.25) is 4.79 Å². The van der Waals surface area contributed by atoms with Gasteiger partial charge in [0.1, 0.15) is 17.7 Å². The zero-order chi connectivity index (χ0) is 13.2. The molecule has 1 aromatic carbocycles. The Morgan fingerprint density at radius 1 is 1.35 bits per heavy atom. The Kier molecular flexibility index (Phi) is 4.45. The maximum atomic E-state index is 13.4. The standard InChI is InChI=1S/C11H13BrF2N2O/c1-6(11(17)16(2)3)15-10-4-7(12)8(13)5-9(10)14/h4-6,15H,1-3H3. The average molecular weight is 307 g/mol. The molecule has 0 radical (unpaired) electrons. The van der Waals surface area contributed by atoms with Gasteiger partial charge in [-0.1, -0.05) is 0 Å². The molecule has 0 aromatic heterocycles. The van der Waals surface area contributed by atoms with Gasteiger partial charge in [0.2, 0.25) is 5.91 Å². The van der Waals surface area contributed by atoms with Gasteiger partial charge in [-0.2, -0.15) is 0 Å². The first-order chi connectivity index (χ1) is 7.82. The molecule has 1 unspecified atom stereocenters. The molecule has 1 amide bonds. The third-order valence-electron chi connectivity index (χ3n) is 2.19. The van der Waals surface area contributed by atoms with Gasteiger partial charge in [-0.15, -0.1) is 0 Å². The van der Waals surface area contributed by atoms with Gasteiger partial charge < -0.3 is 10.2 Å². The van der Waals surface area contributed by atoms with Crippen molar-refractivity contribution in [3.8, 4) is 0 Å². The van der Waals surface area contributed by atoms with Crippen molar-refractivity contribution in [2.75, 3.05) is 19.4 Å². The van der Waals surface area contributed by atoms with Crippen molar-refractivity contribution in [1.82, 2.24) is 4.90 Å². The molecule has 0 aliphatic carbocycles. The topological polar surface area (TPSA) is 32.3 Å². The van der Waals surface area contributed by atoms with E-state index in [4.69, 9.17) is 0 Å². The first-order valence-electron chi connectivity index (χ1n) is 4.95. The second-order valence-electron chi connectivity index (χ2n) is 3.84. The van der Waals surface area contributed by atoms with E-state index in [-0.39, 0.29) is 16.1 Å². The van der Waals surface area contributed by atoms with Gasteiger partial charge in [0.05, 0.1) is 10.2 Å². The second-order valence-corrected chi connectivity index (χ2v) is 4.70. The van der Waals surface area contributed by atoms with Gasteiger partial charge in [-0.25, -0.2) is 8.78 Å². The lowest BCUT2D eigenvalue weighted by Gasteiger charge is -2.19. The Hall–Kier alpha value is -1.17. The quantitative estimate of drug-likeness (QED) is 0.871. The normalized spacial score (nSPS) is 12.1. The molecule has 1 atom stereocenters. The minimum absolute atomic E-state index is 0.0842. The summed E-state index contributed by atoms with van der Waals surface area (Å²) in [5.41, 5.74) is 0.0842. The molecule has 6 heteroatoms. The highest BCUT2D eigenvalue weighted by atomic mass is 79.9. The molecule has 0 heterocycles. The van der Waals surface area contributed by atoms with Crippen LogP contribution >= 0.6 is 15.9 Å². The van der Waals surface area contributed by atoms with E-state index in [0.717, 1.165) is 6.07 Å². The molecule has 94 valence electrons. The van der Waals surface area contributed by atoms with Gasteiger partial charge in [0.25, 0.3) is 0 Å². The van der Waals surface area contributed by atoms with Gasteiger partial charge in [0.15, 0.2) is 0 Å². The van der Waals surface area contributed by atoms with Crippen LogP contribution in [0.25, 0.3) is 0 Å². The third kappa shape index (κ3) is 3.39. The molecule has 0 saturated heterocycles. The highest BCUT2D eigenvalue weighted by Crippen LogP contribution is 2.24. The maximum Gasteiger partial charge on any atom is 0.244 e. The monoisotopic (exact) mass is 306 g/mol. The summed E-state index contributed by atoms with van der Waals surface area (Å²) in [7, 11) is 3.22. The van der Waals surface area contributed by atoms with E-state index in [1.54, 1.807) is 21.0 Å². The third-order valence-corrected chi connectivity index (χ3v) is 2.80. The summed E-state index contributed by atoms with van der Waals surface area (Å²) in [4.78, 5) is 13.0. The van der Waals surface area contributed by atoms with Crippen LogP contribution in [0.3, 0.4) is 0 Å². The number of amides is 1. The van der Waals surface area contributed by atoms with E-state index in [9.17, 15) is 13.6 Å². The summed E-state index contributed by atoms with van der Waals surface area (Å²) in [5.74, 6) is -1.60. The van der Waals surface area contributed by atoms with E-state index >= 15 is 0 Å². The van der Waals surface area contributed by atoms with Crippen LogP contribution in [0, 0.1) is 11.6 Å². The van der Waals surface area contributed by atoms with Crippen LogP contribution in [0.2, 0.25) is 0 Å². The van der Waals surface area contributed by atoms with Gasteiger partial charge >= 0.3 is 0 Å². The molecule has 1 N–H and O–H groups in total. The van der Waals surface area contributed by atoms with Crippen LogP contribution in [0.5, 0.6) is 0 Å². The van der Waals surface area contributed by atoms with Crippen molar-refractivity contribution in [1.29, 1.82) is 0 Å². The summed E-state index contributed by atoms with van der Waals surface area (Å²) < 4.78 is 26.5. The van der Waals surface area contributed by atoms with Crippen LogP contribution < -0.4 is 5.32 Å². The van der Waals surface area contributed by atoms with Crippen molar-refractivity contribution >= 4 is 27.5 Å². The predicted molar refractivity (Wildman–Crippen MR) is 65.8 cm³/mol. The second kappa shape index (κ2) is 5.44. The van der Waals surface area contributed by atoms with E-state index < -0.39 is 17.7 Å². The van der Waals surface area contributed by atoms with Crippen LogP contribution in [-0.4, -0.2) is 30.9 Å². The predicted octanol–water partition coefficient (Wildman–Crippen LogP) is 2.62. The Morgan fingerprint density at radius 2 is 1.94 bits per heavy atom. The first-order valence-corrected chi connectivity index (χ1v) is 5.74. The summed E-state index contributed by atoms with van der Waals surface area (Å²) in [5, 5.41) is 2.70. The molecule has 0 aliphatic heterocycles. The molecule has 1 aromatic rings. The minimum Gasteiger partial charge on any atom is -0.371 e. The molecule has 3 nitrogen and oxygen atoms in total. The summed E-state index contributed by atoms with van der Waals surface area (Å²) in [6.45, 7) is 1.61. The number of nitrogens with zero attached hydrogens (tertiary/aromatic N) is 1. The lowest BCUT2D eigenvalue weighted by molar-refractivity contribution is -0.129. The highest BCUT2D eigenvalue weighted by Gasteiger charge is 2.17. The largest absolute Gasteiger partial charge is 0.371 e. The number of anilines is 1. The van der Waals surface area contributed by atoms with Crippen LogP contribution in [0.1, 0.15) is 6.92 Å². The number of carbonyl (C=O) groups excluding carboxylic acids is 1. The zero-order valence-electron chi connectivity index (χ0n) is 9.72. The fraction of sp³-hybridized carbons (Fsp3) is 0.364. The number of rotatable bonds is 3. The van der Waals surface area contributed by atoms with Gasteiger partial charge in [-0.05, 0) is 28.9 Å². The smallest absolute Gasteiger partial charge is 0.244 e. The van der Waals surface area contributed by atoms with Crippen molar-refractivity contribution in [3.05, 3.63) is 28.2 Å². The SMILES string of the molecule is CC(Nc1cc(Br)c(F)cc1F)C(=O)N(C)C.